The van der Waals surface area contributed by atoms with Crippen molar-refractivity contribution < 1.29 is 27.4 Å². The molecule has 1 aliphatic rings. The van der Waals surface area contributed by atoms with Gasteiger partial charge in [-0.25, -0.2) is 0 Å². The van der Waals surface area contributed by atoms with Crippen LogP contribution in [0.4, 0.5) is 13.2 Å². The first-order valence-electron chi connectivity index (χ1n) is 12.8. The van der Waals surface area contributed by atoms with Crippen molar-refractivity contribution in [3.8, 4) is 5.75 Å². The summed E-state index contributed by atoms with van der Waals surface area (Å²) in [5, 5.41) is 4.02. The number of benzene rings is 2. The first kappa shape index (κ1) is 28.3. The normalized spacial score (nSPS) is 20.2. The fourth-order valence-corrected chi connectivity index (χ4v) is 4.87. The van der Waals surface area contributed by atoms with Crippen LogP contribution in [0.3, 0.4) is 0 Å². The van der Waals surface area contributed by atoms with Gasteiger partial charge in [-0.15, -0.1) is 0 Å². The van der Waals surface area contributed by atoms with E-state index in [0.29, 0.717) is 16.7 Å². The van der Waals surface area contributed by atoms with Crippen LogP contribution in [-0.4, -0.2) is 30.4 Å². The Hall–Kier alpha value is -2.28. The number of hydrogen-bond acceptors (Lipinski definition) is 4. The Labute approximate surface area is 212 Å². The minimum Gasteiger partial charge on any atom is -0.490 e. The molecular formula is C29H40F3NO3. The first-order chi connectivity index (χ1) is 16.6. The molecule has 1 unspecified atom stereocenters. The maximum absolute atomic E-state index is 13.8. The van der Waals surface area contributed by atoms with Gasteiger partial charge in [-0.05, 0) is 92.3 Å². The van der Waals surface area contributed by atoms with Gasteiger partial charge in [-0.1, -0.05) is 39.0 Å². The highest BCUT2D eigenvalue weighted by molar-refractivity contribution is 5.84. The molecule has 7 heteroatoms. The second-order valence-corrected chi connectivity index (χ2v) is 12.0. The second kappa shape index (κ2) is 11.0. The fraction of sp³-hybridized carbons (Fsp3) is 0.621. The number of carbonyl (C=O) groups is 1. The van der Waals surface area contributed by atoms with Crippen LogP contribution in [0.1, 0.15) is 85.3 Å². The number of nitrogens with one attached hydrogen (secondary N) is 1. The van der Waals surface area contributed by atoms with Crippen LogP contribution in [0.5, 0.6) is 5.75 Å². The monoisotopic (exact) mass is 507 g/mol. The van der Waals surface area contributed by atoms with E-state index in [1.54, 1.807) is 32.9 Å². The Balaban J connectivity index is 1.65. The van der Waals surface area contributed by atoms with E-state index >= 15 is 0 Å². The van der Waals surface area contributed by atoms with Crippen molar-refractivity contribution in [2.45, 2.75) is 97.6 Å². The van der Waals surface area contributed by atoms with Crippen molar-refractivity contribution in [1.29, 1.82) is 0 Å². The summed E-state index contributed by atoms with van der Waals surface area (Å²) in [6.45, 7) is 11.9. The van der Waals surface area contributed by atoms with E-state index in [4.69, 9.17) is 9.47 Å². The average Bonchev–Trinajstić information content (AvgIpc) is 2.74. The lowest BCUT2D eigenvalue weighted by Gasteiger charge is -2.37. The third-order valence-electron chi connectivity index (χ3n) is 6.80. The van der Waals surface area contributed by atoms with E-state index in [0.717, 1.165) is 36.8 Å². The molecule has 0 saturated heterocycles. The molecule has 1 fully saturated rings. The standard InChI is InChI=1S/C29H40F3NO3/c1-27(2,3)22-10-13-23(14-11-22)35-24-12-9-19-17-21(8-7-20(19)18-24)26(29(30,31)32)33-16-15-25(34)36-28(4,5)6/h7-9,12,17-18,22-23,26,33H,10-11,13-16H2,1-6H3. The summed E-state index contributed by atoms with van der Waals surface area (Å²) in [6, 6.07) is 8.39. The number of rotatable bonds is 7. The van der Waals surface area contributed by atoms with Crippen LogP contribution in [0.15, 0.2) is 36.4 Å². The Morgan fingerprint density at radius 3 is 2.14 bits per heavy atom. The molecule has 2 aromatic carbocycles. The van der Waals surface area contributed by atoms with Gasteiger partial charge in [0.1, 0.15) is 17.4 Å². The van der Waals surface area contributed by atoms with E-state index < -0.39 is 23.8 Å². The molecule has 0 aliphatic heterocycles. The van der Waals surface area contributed by atoms with Crippen molar-refractivity contribution in [2.24, 2.45) is 11.3 Å². The van der Waals surface area contributed by atoms with Crippen LogP contribution in [0.25, 0.3) is 10.8 Å². The van der Waals surface area contributed by atoms with Gasteiger partial charge in [-0.2, -0.15) is 13.2 Å². The van der Waals surface area contributed by atoms with Crippen LogP contribution in [-0.2, 0) is 9.53 Å². The van der Waals surface area contributed by atoms with Crippen molar-refractivity contribution >= 4 is 16.7 Å². The molecule has 36 heavy (non-hydrogen) atoms. The van der Waals surface area contributed by atoms with Gasteiger partial charge in [-0.3, -0.25) is 4.79 Å². The minimum atomic E-state index is -4.50. The highest BCUT2D eigenvalue weighted by Crippen LogP contribution is 2.39. The lowest BCUT2D eigenvalue weighted by molar-refractivity contribution is -0.161. The third-order valence-corrected chi connectivity index (χ3v) is 6.80. The average molecular weight is 508 g/mol. The Kier molecular flexibility index (Phi) is 8.64. The zero-order chi connectivity index (χ0) is 26.7. The third kappa shape index (κ3) is 8.12. The van der Waals surface area contributed by atoms with Gasteiger partial charge in [0.05, 0.1) is 12.5 Å². The second-order valence-electron chi connectivity index (χ2n) is 12.0. The topological polar surface area (TPSA) is 47.6 Å². The highest BCUT2D eigenvalue weighted by atomic mass is 19.4. The first-order valence-corrected chi connectivity index (χ1v) is 12.8. The number of alkyl halides is 3. The lowest BCUT2D eigenvalue weighted by atomic mass is 9.72. The van der Waals surface area contributed by atoms with E-state index in [1.165, 1.54) is 6.07 Å². The molecule has 0 radical (unpaired) electrons. The largest absolute Gasteiger partial charge is 0.490 e. The van der Waals surface area contributed by atoms with Gasteiger partial charge >= 0.3 is 12.1 Å². The molecule has 0 bridgehead atoms. The number of hydrogen-bond donors (Lipinski definition) is 1. The van der Waals surface area contributed by atoms with Crippen molar-refractivity contribution in [1.82, 2.24) is 5.32 Å². The quantitative estimate of drug-likeness (QED) is 0.389. The molecule has 0 aromatic heterocycles. The van der Waals surface area contributed by atoms with Crippen LogP contribution >= 0.6 is 0 Å². The van der Waals surface area contributed by atoms with Crippen molar-refractivity contribution in [3.63, 3.8) is 0 Å². The molecule has 3 rings (SSSR count). The SMILES string of the molecule is CC(C)(C)OC(=O)CCNC(c1ccc2cc(OC3CCC(C(C)(C)C)CC3)ccc2c1)C(F)(F)F. The summed E-state index contributed by atoms with van der Waals surface area (Å²) < 4.78 is 52.9. The molecule has 1 atom stereocenters. The van der Waals surface area contributed by atoms with Crippen molar-refractivity contribution in [3.05, 3.63) is 42.0 Å². The zero-order valence-corrected chi connectivity index (χ0v) is 22.3. The number of esters is 1. The smallest absolute Gasteiger partial charge is 0.407 e. The summed E-state index contributed by atoms with van der Waals surface area (Å²) in [5.41, 5.74) is -0.258. The van der Waals surface area contributed by atoms with Gasteiger partial charge in [0.15, 0.2) is 0 Å². The van der Waals surface area contributed by atoms with Gasteiger partial charge in [0.25, 0.3) is 0 Å². The number of carbonyl (C=O) groups excluding carboxylic acids is 1. The summed E-state index contributed by atoms with van der Waals surface area (Å²) in [6.07, 6.45) is -0.159. The van der Waals surface area contributed by atoms with E-state index in [-0.39, 0.29) is 24.6 Å². The summed E-state index contributed by atoms with van der Waals surface area (Å²) in [7, 11) is 0. The fourth-order valence-electron chi connectivity index (χ4n) is 4.87. The number of fused-ring (bicyclic) bond motifs is 1. The lowest BCUT2D eigenvalue weighted by Crippen LogP contribution is -2.36. The molecular weight excluding hydrogens is 467 g/mol. The zero-order valence-electron chi connectivity index (χ0n) is 22.3. The molecule has 0 spiro atoms. The van der Waals surface area contributed by atoms with E-state index in [2.05, 4.69) is 26.1 Å². The predicted molar refractivity (Wildman–Crippen MR) is 137 cm³/mol. The summed E-state index contributed by atoms with van der Waals surface area (Å²) >= 11 is 0. The molecule has 0 amide bonds. The molecule has 1 N–H and O–H groups in total. The highest BCUT2D eigenvalue weighted by Gasteiger charge is 2.40. The molecule has 2 aromatic rings. The van der Waals surface area contributed by atoms with Crippen LogP contribution in [0.2, 0.25) is 0 Å². The Bertz CT molecular complexity index is 1030. The predicted octanol–water partition coefficient (Wildman–Crippen LogP) is 7.75. The van der Waals surface area contributed by atoms with Gasteiger partial charge < -0.3 is 14.8 Å². The minimum absolute atomic E-state index is 0.105. The maximum Gasteiger partial charge on any atom is 0.407 e. The van der Waals surface area contributed by atoms with Gasteiger partial charge in [0, 0.05) is 6.54 Å². The molecule has 4 nitrogen and oxygen atoms in total. The molecule has 0 heterocycles. The van der Waals surface area contributed by atoms with Gasteiger partial charge in [0.2, 0.25) is 0 Å². The number of ether oxygens (including phenoxy) is 2. The Morgan fingerprint density at radius 1 is 0.944 bits per heavy atom. The molecule has 200 valence electrons. The summed E-state index contributed by atoms with van der Waals surface area (Å²) in [4.78, 5) is 11.9. The Morgan fingerprint density at radius 2 is 1.56 bits per heavy atom. The molecule has 1 saturated carbocycles. The summed E-state index contributed by atoms with van der Waals surface area (Å²) in [5.74, 6) is 0.915. The molecule has 1 aliphatic carbocycles. The van der Waals surface area contributed by atoms with Crippen LogP contribution < -0.4 is 10.1 Å². The number of halogens is 3. The van der Waals surface area contributed by atoms with Crippen molar-refractivity contribution in [2.75, 3.05) is 6.54 Å². The maximum atomic E-state index is 13.8. The van der Waals surface area contributed by atoms with Crippen LogP contribution in [0, 0.1) is 11.3 Å². The van der Waals surface area contributed by atoms with E-state index in [1.807, 2.05) is 18.2 Å². The van der Waals surface area contributed by atoms with E-state index in [9.17, 15) is 18.0 Å².